The van der Waals surface area contributed by atoms with Crippen LogP contribution in [0.1, 0.15) is 32.4 Å². The molecule has 1 aromatic rings. The Morgan fingerprint density at radius 3 is 2.33 bits per heavy atom. The highest BCUT2D eigenvalue weighted by Crippen LogP contribution is 2.31. The minimum absolute atomic E-state index is 0.299. The molecular weight excluding hydrogens is 304 g/mol. The van der Waals surface area contributed by atoms with Gasteiger partial charge in [-0.2, -0.15) is 0 Å². The molecule has 0 bridgehead atoms. The molecule has 0 aliphatic heterocycles. The summed E-state index contributed by atoms with van der Waals surface area (Å²) >= 11 is 5.70. The molecule has 7 heteroatoms. The second-order valence-electron chi connectivity index (χ2n) is 5.43. The number of aldehydes is 1. The maximum atomic E-state index is 13.8. The molecule has 0 aliphatic carbocycles. The molecule has 1 aromatic carbocycles. The second kappa shape index (κ2) is 6.39. The van der Waals surface area contributed by atoms with E-state index < -0.39 is 40.0 Å². The minimum atomic E-state index is -1.39. The molecule has 0 aliphatic rings. The van der Waals surface area contributed by atoms with E-state index in [1.54, 1.807) is 20.8 Å². The predicted octanol–water partition coefficient (Wildman–Crippen LogP) is 3.73. The van der Waals surface area contributed by atoms with Crippen LogP contribution in [0.15, 0.2) is 12.1 Å². The third-order valence-corrected chi connectivity index (χ3v) is 2.99. The number of rotatable bonds is 3. The number of nitrogens with zero attached hydrogens (tertiary/aromatic N) is 1. The van der Waals surface area contributed by atoms with Crippen LogP contribution in [0.3, 0.4) is 0 Å². The van der Waals surface area contributed by atoms with Crippen molar-refractivity contribution < 1.29 is 23.1 Å². The van der Waals surface area contributed by atoms with Crippen LogP contribution in [0.5, 0.6) is 0 Å². The number of carbonyl (C=O) groups excluding carboxylic acids is 2. The van der Waals surface area contributed by atoms with Crippen molar-refractivity contribution in [2.45, 2.75) is 32.4 Å². The number of carbonyl (C=O) groups is 2. The zero-order valence-corrected chi connectivity index (χ0v) is 12.9. The van der Waals surface area contributed by atoms with Gasteiger partial charge in [-0.25, -0.2) is 13.6 Å². The van der Waals surface area contributed by atoms with E-state index in [4.69, 9.17) is 16.3 Å². The third kappa shape index (κ3) is 4.14. The van der Waals surface area contributed by atoms with Crippen molar-refractivity contribution in [3.8, 4) is 0 Å². The summed E-state index contributed by atoms with van der Waals surface area (Å²) in [5.74, 6) is -1.76. The summed E-state index contributed by atoms with van der Waals surface area (Å²) < 4.78 is 32.4. The molecule has 1 rings (SSSR count). The molecule has 0 aromatic heterocycles. The number of hydrogen-bond acceptors (Lipinski definition) is 3. The van der Waals surface area contributed by atoms with Crippen molar-refractivity contribution in [2.75, 3.05) is 7.05 Å². The fourth-order valence-corrected chi connectivity index (χ4v) is 1.88. The number of hydrogen-bond donors (Lipinski definition) is 0. The highest BCUT2D eigenvalue weighted by Gasteiger charge is 2.30. The molecule has 1 amide bonds. The highest BCUT2D eigenvalue weighted by molar-refractivity contribution is 6.31. The van der Waals surface area contributed by atoms with Crippen molar-refractivity contribution in [3.63, 3.8) is 0 Å². The minimum Gasteiger partial charge on any atom is -0.444 e. The number of amides is 1. The standard InChI is InChI=1S/C14H16ClF2NO3/c1-14(2,3)21-13(20)18(4)10(7-19)11-8(16)5-6-9(17)12(11)15/h5-7,10H,1-4H3. The van der Waals surface area contributed by atoms with Gasteiger partial charge >= 0.3 is 6.09 Å². The maximum Gasteiger partial charge on any atom is 0.410 e. The average Bonchev–Trinajstić information content (AvgIpc) is 2.36. The summed E-state index contributed by atoms with van der Waals surface area (Å²) in [7, 11) is 1.24. The Morgan fingerprint density at radius 1 is 1.33 bits per heavy atom. The fourth-order valence-electron chi connectivity index (χ4n) is 1.61. The summed E-state index contributed by atoms with van der Waals surface area (Å²) in [6, 6.07) is 0.301. The first-order valence-corrected chi connectivity index (χ1v) is 6.50. The van der Waals surface area contributed by atoms with E-state index in [1.807, 2.05) is 0 Å². The van der Waals surface area contributed by atoms with Gasteiger partial charge in [-0.3, -0.25) is 4.90 Å². The number of halogens is 3. The van der Waals surface area contributed by atoms with Crippen LogP contribution in [-0.4, -0.2) is 29.9 Å². The van der Waals surface area contributed by atoms with Gasteiger partial charge in [0.25, 0.3) is 0 Å². The molecule has 0 fully saturated rings. The summed E-state index contributed by atoms with van der Waals surface area (Å²) in [4.78, 5) is 24.0. The maximum absolute atomic E-state index is 13.8. The van der Waals surface area contributed by atoms with E-state index in [9.17, 15) is 18.4 Å². The lowest BCUT2D eigenvalue weighted by Crippen LogP contribution is -2.37. The zero-order valence-electron chi connectivity index (χ0n) is 12.1. The molecule has 0 saturated carbocycles. The Morgan fingerprint density at radius 2 is 1.86 bits per heavy atom. The number of likely N-dealkylation sites (N-methyl/N-ethyl adjacent to an activating group) is 1. The molecule has 0 saturated heterocycles. The quantitative estimate of drug-likeness (QED) is 0.630. The Balaban J connectivity index is 3.17. The molecule has 116 valence electrons. The summed E-state index contributed by atoms with van der Waals surface area (Å²) in [6.07, 6.45) is -0.549. The SMILES string of the molecule is CN(C(=O)OC(C)(C)C)C(C=O)c1c(F)ccc(F)c1Cl. The second-order valence-corrected chi connectivity index (χ2v) is 5.81. The van der Waals surface area contributed by atoms with E-state index in [2.05, 4.69) is 0 Å². The molecule has 0 spiro atoms. The van der Waals surface area contributed by atoms with E-state index in [0.29, 0.717) is 6.29 Å². The smallest absolute Gasteiger partial charge is 0.410 e. The largest absolute Gasteiger partial charge is 0.444 e. The highest BCUT2D eigenvalue weighted by atomic mass is 35.5. The van der Waals surface area contributed by atoms with Crippen LogP contribution in [-0.2, 0) is 9.53 Å². The Hall–Kier alpha value is -1.69. The van der Waals surface area contributed by atoms with Crippen LogP contribution in [0.2, 0.25) is 5.02 Å². The first-order chi connectivity index (χ1) is 9.58. The van der Waals surface area contributed by atoms with Crippen molar-refractivity contribution >= 4 is 24.0 Å². The monoisotopic (exact) mass is 319 g/mol. The fraction of sp³-hybridized carbons (Fsp3) is 0.429. The molecule has 0 N–H and O–H groups in total. The molecule has 0 heterocycles. The zero-order chi connectivity index (χ0) is 16.4. The molecule has 1 atom stereocenters. The Kier molecular flexibility index (Phi) is 5.28. The molecule has 4 nitrogen and oxygen atoms in total. The van der Waals surface area contributed by atoms with Crippen LogP contribution in [0, 0.1) is 11.6 Å². The average molecular weight is 320 g/mol. The van der Waals surface area contributed by atoms with Gasteiger partial charge in [-0.05, 0) is 32.9 Å². The van der Waals surface area contributed by atoms with Crippen LogP contribution >= 0.6 is 11.6 Å². The first kappa shape index (κ1) is 17.4. The van der Waals surface area contributed by atoms with Crippen LogP contribution < -0.4 is 0 Å². The van der Waals surface area contributed by atoms with Gasteiger partial charge in [0.05, 0.1) is 5.02 Å². The van der Waals surface area contributed by atoms with Gasteiger partial charge in [0, 0.05) is 12.6 Å². The summed E-state index contributed by atoms with van der Waals surface area (Å²) in [5, 5.41) is -0.539. The van der Waals surface area contributed by atoms with E-state index in [0.717, 1.165) is 17.0 Å². The van der Waals surface area contributed by atoms with Crippen LogP contribution in [0.25, 0.3) is 0 Å². The predicted molar refractivity (Wildman–Crippen MR) is 74.2 cm³/mol. The molecule has 1 unspecified atom stereocenters. The van der Waals surface area contributed by atoms with Crippen molar-refractivity contribution in [1.82, 2.24) is 4.90 Å². The van der Waals surface area contributed by atoms with E-state index >= 15 is 0 Å². The third-order valence-electron chi connectivity index (χ3n) is 2.60. The topological polar surface area (TPSA) is 46.6 Å². The number of ether oxygens (including phenoxy) is 1. The van der Waals surface area contributed by atoms with Gasteiger partial charge in [0.1, 0.15) is 29.6 Å². The van der Waals surface area contributed by atoms with Crippen molar-refractivity contribution in [1.29, 1.82) is 0 Å². The Labute approximate surface area is 126 Å². The van der Waals surface area contributed by atoms with Gasteiger partial charge in [0.15, 0.2) is 0 Å². The lowest BCUT2D eigenvalue weighted by molar-refractivity contribution is -0.112. The van der Waals surface area contributed by atoms with Gasteiger partial charge in [-0.15, -0.1) is 0 Å². The summed E-state index contributed by atoms with van der Waals surface area (Å²) in [5.41, 5.74) is -1.19. The van der Waals surface area contributed by atoms with Gasteiger partial charge < -0.3 is 9.53 Å². The lowest BCUT2D eigenvalue weighted by Gasteiger charge is -2.28. The van der Waals surface area contributed by atoms with Gasteiger partial charge in [0.2, 0.25) is 0 Å². The van der Waals surface area contributed by atoms with E-state index in [-0.39, 0.29) is 0 Å². The van der Waals surface area contributed by atoms with Crippen molar-refractivity contribution in [3.05, 3.63) is 34.4 Å². The summed E-state index contributed by atoms with van der Waals surface area (Å²) in [6.45, 7) is 4.93. The first-order valence-electron chi connectivity index (χ1n) is 6.13. The number of benzene rings is 1. The Bertz CT molecular complexity index is 558. The normalized spacial score (nSPS) is 12.7. The van der Waals surface area contributed by atoms with Gasteiger partial charge in [-0.1, -0.05) is 11.6 Å². The van der Waals surface area contributed by atoms with E-state index in [1.165, 1.54) is 7.05 Å². The molecule has 0 radical (unpaired) electrons. The van der Waals surface area contributed by atoms with Crippen LogP contribution in [0.4, 0.5) is 13.6 Å². The van der Waals surface area contributed by atoms with Crippen molar-refractivity contribution in [2.24, 2.45) is 0 Å². The molecular formula is C14H16ClF2NO3. The lowest BCUT2D eigenvalue weighted by atomic mass is 10.1. The molecule has 21 heavy (non-hydrogen) atoms.